The third kappa shape index (κ3) is 2.68. The number of thiophene rings is 1. The number of rotatable bonds is 4. The Morgan fingerprint density at radius 3 is 2.55 bits per heavy atom. The van der Waals surface area contributed by atoms with Gasteiger partial charge in [0, 0.05) is 16.8 Å². The molecule has 108 valence electrons. The molecule has 2 aromatic rings. The van der Waals surface area contributed by atoms with Gasteiger partial charge in [-0.2, -0.15) is 0 Å². The summed E-state index contributed by atoms with van der Waals surface area (Å²) in [5.74, 6) is -0.325. The number of halogens is 2. The Morgan fingerprint density at radius 1 is 1.35 bits per heavy atom. The molecule has 0 fully saturated rings. The molecule has 0 radical (unpaired) electrons. The Hall–Kier alpha value is -1.11. The van der Waals surface area contributed by atoms with Crippen molar-refractivity contribution in [3.8, 4) is 0 Å². The lowest BCUT2D eigenvalue weighted by molar-refractivity contribution is 0.589. The average molecular weight is 334 g/mol. The fraction of sp³-hybridized carbons (Fsp3) is 0.231. The van der Waals surface area contributed by atoms with E-state index in [1.54, 1.807) is 19.1 Å². The summed E-state index contributed by atoms with van der Waals surface area (Å²) in [4.78, 5) is 1.58. The first-order valence-corrected chi connectivity index (χ1v) is 8.55. The third-order valence-corrected chi connectivity index (χ3v) is 6.41. The number of alkyl halides is 1. The van der Waals surface area contributed by atoms with Crippen molar-refractivity contribution in [2.24, 2.45) is 0 Å². The molecule has 1 aromatic carbocycles. The lowest BCUT2D eigenvalue weighted by atomic mass is 10.3. The van der Waals surface area contributed by atoms with E-state index in [1.807, 2.05) is 0 Å². The summed E-state index contributed by atoms with van der Waals surface area (Å²) in [5, 5.41) is 0. The Bertz CT molecular complexity index is 728. The SMILES string of the molecule is Cc1sc(CCl)cc1S(=O)(=O)N(C)c1ccccc1F. The molecule has 0 saturated heterocycles. The van der Waals surface area contributed by atoms with Crippen molar-refractivity contribution in [1.29, 1.82) is 0 Å². The number of aryl methyl sites for hydroxylation is 1. The highest BCUT2D eigenvalue weighted by Crippen LogP contribution is 2.31. The van der Waals surface area contributed by atoms with Crippen LogP contribution < -0.4 is 4.31 Å². The molecule has 0 aliphatic carbocycles. The topological polar surface area (TPSA) is 37.4 Å². The minimum Gasteiger partial charge on any atom is -0.266 e. The van der Waals surface area contributed by atoms with Crippen LogP contribution in [0.4, 0.5) is 10.1 Å². The largest absolute Gasteiger partial charge is 0.266 e. The van der Waals surface area contributed by atoms with E-state index in [4.69, 9.17) is 11.6 Å². The number of sulfonamides is 1. The molecule has 0 unspecified atom stereocenters. The molecular weight excluding hydrogens is 321 g/mol. The minimum atomic E-state index is -3.79. The van der Waals surface area contributed by atoms with Crippen molar-refractivity contribution in [3.05, 3.63) is 45.9 Å². The van der Waals surface area contributed by atoms with Crippen LogP contribution >= 0.6 is 22.9 Å². The first-order valence-electron chi connectivity index (χ1n) is 5.76. The number of anilines is 1. The maximum atomic E-state index is 13.7. The molecule has 0 aliphatic rings. The second-order valence-corrected chi connectivity index (χ2v) is 7.74. The molecule has 20 heavy (non-hydrogen) atoms. The van der Waals surface area contributed by atoms with Crippen LogP contribution in [0.2, 0.25) is 0 Å². The van der Waals surface area contributed by atoms with Gasteiger partial charge in [-0.1, -0.05) is 12.1 Å². The number of nitrogens with zero attached hydrogens (tertiary/aromatic N) is 1. The molecule has 0 bridgehead atoms. The van der Waals surface area contributed by atoms with E-state index >= 15 is 0 Å². The zero-order valence-corrected chi connectivity index (χ0v) is 13.3. The quantitative estimate of drug-likeness (QED) is 0.799. The molecule has 1 aromatic heterocycles. The Balaban J connectivity index is 2.49. The van der Waals surface area contributed by atoms with Crippen molar-refractivity contribution < 1.29 is 12.8 Å². The summed E-state index contributed by atoms with van der Waals surface area (Å²) in [6.45, 7) is 1.71. The van der Waals surface area contributed by atoms with E-state index in [0.29, 0.717) is 4.88 Å². The van der Waals surface area contributed by atoms with E-state index in [-0.39, 0.29) is 16.5 Å². The van der Waals surface area contributed by atoms with E-state index in [9.17, 15) is 12.8 Å². The molecular formula is C13H13ClFNO2S2. The lowest BCUT2D eigenvalue weighted by Crippen LogP contribution is -2.27. The standard InChI is InChI=1S/C13H13ClFNO2S2/c1-9-13(7-10(8-14)19-9)20(17,18)16(2)12-6-4-3-5-11(12)15/h3-7H,8H2,1-2H3. The van der Waals surface area contributed by atoms with Crippen LogP contribution in [0.5, 0.6) is 0 Å². The summed E-state index contributed by atoms with van der Waals surface area (Å²) in [7, 11) is -2.45. The summed E-state index contributed by atoms with van der Waals surface area (Å²) in [5.41, 5.74) is 0.0190. The van der Waals surface area contributed by atoms with E-state index in [2.05, 4.69) is 0 Å². The molecule has 0 aliphatic heterocycles. The molecule has 0 saturated carbocycles. The minimum absolute atomic E-state index is 0.0190. The van der Waals surface area contributed by atoms with Crippen LogP contribution in [-0.4, -0.2) is 15.5 Å². The van der Waals surface area contributed by atoms with Gasteiger partial charge in [-0.3, -0.25) is 4.31 Å². The average Bonchev–Trinajstić information content (AvgIpc) is 2.80. The Labute approximate surface area is 126 Å². The predicted molar refractivity (Wildman–Crippen MR) is 80.6 cm³/mol. The zero-order chi connectivity index (χ0) is 14.9. The van der Waals surface area contributed by atoms with E-state index in [0.717, 1.165) is 9.18 Å². The van der Waals surface area contributed by atoms with Gasteiger partial charge >= 0.3 is 0 Å². The smallest absolute Gasteiger partial charge is 0.265 e. The normalized spacial score (nSPS) is 11.6. The summed E-state index contributed by atoms with van der Waals surface area (Å²) in [6, 6.07) is 7.30. The molecule has 0 spiro atoms. The number of hydrogen-bond acceptors (Lipinski definition) is 3. The molecule has 7 heteroatoms. The van der Waals surface area contributed by atoms with Gasteiger partial charge in [-0.05, 0) is 25.1 Å². The fourth-order valence-corrected chi connectivity index (χ4v) is 4.73. The van der Waals surface area contributed by atoms with Gasteiger partial charge < -0.3 is 0 Å². The molecule has 0 N–H and O–H groups in total. The zero-order valence-electron chi connectivity index (χ0n) is 10.9. The highest BCUT2D eigenvalue weighted by Gasteiger charge is 2.26. The summed E-state index contributed by atoms with van der Waals surface area (Å²) in [6.07, 6.45) is 0. The monoisotopic (exact) mass is 333 g/mol. The Kier molecular flexibility index (Phi) is 4.36. The predicted octanol–water partition coefficient (Wildman–Crippen LogP) is 3.76. The van der Waals surface area contributed by atoms with Crippen LogP contribution in [0.15, 0.2) is 35.2 Å². The van der Waals surface area contributed by atoms with Crippen molar-refractivity contribution >= 4 is 38.6 Å². The van der Waals surface area contributed by atoms with Crippen LogP contribution in [0, 0.1) is 12.7 Å². The van der Waals surface area contributed by atoms with E-state index < -0.39 is 15.8 Å². The van der Waals surface area contributed by atoms with Gasteiger partial charge in [0.25, 0.3) is 10.0 Å². The molecule has 0 atom stereocenters. The second kappa shape index (κ2) is 5.71. The Morgan fingerprint density at radius 2 is 2.00 bits per heavy atom. The fourth-order valence-electron chi connectivity index (χ4n) is 1.83. The highest BCUT2D eigenvalue weighted by molar-refractivity contribution is 7.93. The van der Waals surface area contributed by atoms with Gasteiger partial charge in [0.15, 0.2) is 0 Å². The van der Waals surface area contributed by atoms with Crippen molar-refractivity contribution in [1.82, 2.24) is 0 Å². The first-order chi connectivity index (χ1) is 9.37. The van der Waals surface area contributed by atoms with Crippen molar-refractivity contribution in [3.63, 3.8) is 0 Å². The van der Waals surface area contributed by atoms with Crippen molar-refractivity contribution in [2.75, 3.05) is 11.4 Å². The number of benzene rings is 1. The highest BCUT2D eigenvalue weighted by atomic mass is 35.5. The maximum Gasteiger partial charge on any atom is 0.265 e. The number of hydrogen-bond donors (Lipinski definition) is 0. The van der Waals surface area contributed by atoms with Crippen LogP contribution in [-0.2, 0) is 15.9 Å². The summed E-state index contributed by atoms with van der Waals surface area (Å²) < 4.78 is 39.8. The van der Waals surface area contributed by atoms with Gasteiger partial charge in [-0.15, -0.1) is 22.9 Å². The van der Waals surface area contributed by atoms with Gasteiger partial charge in [-0.25, -0.2) is 12.8 Å². The van der Waals surface area contributed by atoms with Crippen molar-refractivity contribution in [2.45, 2.75) is 17.7 Å². The van der Waals surface area contributed by atoms with Crippen LogP contribution in [0.3, 0.4) is 0 Å². The van der Waals surface area contributed by atoms with Gasteiger partial charge in [0.1, 0.15) is 10.7 Å². The van der Waals surface area contributed by atoms with E-state index in [1.165, 1.54) is 36.6 Å². The molecule has 3 nitrogen and oxygen atoms in total. The van der Waals surface area contributed by atoms with Crippen LogP contribution in [0.1, 0.15) is 9.75 Å². The lowest BCUT2D eigenvalue weighted by Gasteiger charge is -2.19. The van der Waals surface area contributed by atoms with Crippen LogP contribution in [0.25, 0.3) is 0 Å². The first kappa shape index (κ1) is 15.3. The number of para-hydroxylation sites is 1. The molecule has 1 heterocycles. The molecule has 2 rings (SSSR count). The summed E-state index contributed by atoms with van der Waals surface area (Å²) >= 11 is 7.05. The third-order valence-electron chi connectivity index (χ3n) is 2.89. The van der Waals surface area contributed by atoms with Gasteiger partial charge in [0.2, 0.25) is 0 Å². The maximum absolute atomic E-state index is 13.7. The molecule has 0 amide bonds. The second-order valence-electron chi connectivity index (χ2n) is 4.19. The van der Waals surface area contributed by atoms with Gasteiger partial charge in [0.05, 0.1) is 11.6 Å².